The van der Waals surface area contributed by atoms with Crippen LogP contribution >= 0.6 is 0 Å². The van der Waals surface area contributed by atoms with Gasteiger partial charge in [-0.15, -0.1) is 0 Å². The number of carboxylic acids is 1. The van der Waals surface area contributed by atoms with Gasteiger partial charge in [0.1, 0.15) is 18.3 Å². The molecule has 0 unspecified atom stereocenters. The van der Waals surface area contributed by atoms with Gasteiger partial charge in [0.25, 0.3) is 0 Å². The molecule has 3 heterocycles. The summed E-state index contributed by atoms with van der Waals surface area (Å²) in [5, 5.41) is 12.4. The van der Waals surface area contributed by atoms with Gasteiger partial charge >= 0.3 is 5.97 Å². The fourth-order valence-corrected chi connectivity index (χ4v) is 4.40. The zero-order valence-electron chi connectivity index (χ0n) is 14.9. The van der Waals surface area contributed by atoms with Crippen LogP contribution in [0.4, 0.5) is 0 Å². The van der Waals surface area contributed by atoms with Gasteiger partial charge < -0.3 is 19.9 Å². The van der Waals surface area contributed by atoms with Crippen LogP contribution in [-0.4, -0.2) is 48.1 Å². The number of ether oxygens (including phenoxy) is 2. The van der Waals surface area contributed by atoms with Gasteiger partial charge in [-0.1, -0.05) is 42.5 Å². The number of aliphatic carboxylic acids is 1. The van der Waals surface area contributed by atoms with Gasteiger partial charge in [0.2, 0.25) is 0 Å². The summed E-state index contributed by atoms with van der Waals surface area (Å²) in [6.45, 7) is 0.942. The standard InChI is InChI=1S/C21H27NO4/c23-16(24)11-7-2-1-6-10-15-17(19-21-20(26-21)18(15)25-19)22-13-12-14-8-4-3-5-9-14/h1,3-6,8-9,15,17-22H,2,7,10-13H2,(H,23,24)/b6-1-/t15-,17+,18+,19-,20-,21+/m0/s1. The average molecular weight is 357 g/mol. The van der Waals surface area contributed by atoms with Crippen molar-refractivity contribution in [3.05, 3.63) is 48.0 Å². The molecule has 0 saturated carbocycles. The summed E-state index contributed by atoms with van der Waals surface area (Å²) in [6, 6.07) is 10.9. The Hall–Kier alpha value is -1.69. The smallest absolute Gasteiger partial charge is 0.303 e. The summed E-state index contributed by atoms with van der Waals surface area (Å²) in [7, 11) is 0. The SMILES string of the molecule is O=C(O)CCC/C=C\C[C@H]1[C@@H](NCCc2ccccc2)[C@@H]2O[C@H]1[C@@H]1O[C@@H]12. The topological polar surface area (TPSA) is 71.1 Å². The molecule has 6 atom stereocenters. The van der Waals surface area contributed by atoms with E-state index in [-0.39, 0.29) is 18.6 Å². The lowest BCUT2D eigenvalue weighted by Crippen LogP contribution is -2.47. The molecule has 140 valence electrons. The molecule has 1 aromatic rings. The maximum atomic E-state index is 10.6. The summed E-state index contributed by atoms with van der Waals surface area (Å²) >= 11 is 0. The van der Waals surface area contributed by atoms with Crippen LogP contribution in [0.1, 0.15) is 31.2 Å². The lowest BCUT2D eigenvalue weighted by molar-refractivity contribution is -0.137. The highest BCUT2D eigenvalue weighted by Crippen LogP contribution is 2.52. The van der Waals surface area contributed by atoms with Crippen molar-refractivity contribution in [2.75, 3.05) is 6.54 Å². The van der Waals surface area contributed by atoms with E-state index >= 15 is 0 Å². The van der Waals surface area contributed by atoms with Gasteiger partial charge in [-0.25, -0.2) is 0 Å². The highest BCUT2D eigenvalue weighted by atomic mass is 16.7. The van der Waals surface area contributed by atoms with E-state index in [1.54, 1.807) is 0 Å². The zero-order chi connectivity index (χ0) is 17.9. The van der Waals surface area contributed by atoms with Crippen LogP contribution in [0.3, 0.4) is 0 Å². The first kappa shape index (κ1) is 17.7. The Balaban J connectivity index is 1.27. The lowest BCUT2D eigenvalue weighted by atomic mass is 9.82. The first-order valence-corrected chi connectivity index (χ1v) is 9.69. The van der Waals surface area contributed by atoms with Crippen LogP contribution in [0.15, 0.2) is 42.5 Å². The van der Waals surface area contributed by atoms with Gasteiger partial charge in [0.05, 0.1) is 6.10 Å². The minimum absolute atomic E-state index is 0.186. The molecule has 3 saturated heterocycles. The molecule has 0 amide bonds. The summed E-state index contributed by atoms with van der Waals surface area (Å²) in [6.07, 6.45) is 9.04. The van der Waals surface area contributed by atoms with Crippen LogP contribution < -0.4 is 5.32 Å². The van der Waals surface area contributed by atoms with Crippen LogP contribution in [0.25, 0.3) is 0 Å². The van der Waals surface area contributed by atoms with E-state index in [2.05, 4.69) is 41.7 Å². The number of allylic oxidation sites excluding steroid dienone is 2. The maximum absolute atomic E-state index is 10.6. The molecule has 2 bridgehead atoms. The maximum Gasteiger partial charge on any atom is 0.303 e. The first-order valence-electron chi connectivity index (χ1n) is 9.69. The summed E-state index contributed by atoms with van der Waals surface area (Å²) in [4.78, 5) is 10.6. The number of rotatable bonds is 10. The average Bonchev–Trinajstić information content (AvgIpc) is 3.27. The third-order valence-corrected chi connectivity index (χ3v) is 5.73. The van der Waals surface area contributed by atoms with Crippen molar-refractivity contribution in [3.8, 4) is 0 Å². The molecule has 0 spiro atoms. The molecule has 2 N–H and O–H groups in total. The number of hydrogen-bond acceptors (Lipinski definition) is 4. The van der Waals surface area contributed by atoms with E-state index in [4.69, 9.17) is 14.6 Å². The van der Waals surface area contributed by atoms with E-state index in [9.17, 15) is 4.79 Å². The number of fused-ring (bicyclic) bond motifs is 5. The second-order valence-corrected chi connectivity index (χ2v) is 7.50. The quantitative estimate of drug-likeness (QED) is 0.383. The lowest BCUT2D eigenvalue weighted by Gasteiger charge is -2.26. The van der Waals surface area contributed by atoms with E-state index in [0.717, 1.165) is 25.8 Å². The van der Waals surface area contributed by atoms with Gasteiger partial charge in [0.15, 0.2) is 0 Å². The Morgan fingerprint density at radius 3 is 2.65 bits per heavy atom. The molecule has 26 heavy (non-hydrogen) atoms. The Morgan fingerprint density at radius 2 is 1.85 bits per heavy atom. The van der Waals surface area contributed by atoms with Crippen molar-refractivity contribution in [2.45, 2.75) is 62.6 Å². The van der Waals surface area contributed by atoms with Crippen molar-refractivity contribution in [1.29, 1.82) is 0 Å². The first-order chi connectivity index (χ1) is 12.7. The third-order valence-electron chi connectivity index (χ3n) is 5.73. The number of carbonyl (C=O) groups is 1. The predicted molar refractivity (Wildman–Crippen MR) is 98.0 cm³/mol. The zero-order valence-corrected chi connectivity index (χ0v) is 14.9. The fraction of sp³-hybridized carbons (Fsp3) is 0.571. The molecular weight excluding hydrogens is 330 g/mol. The number of carboxylic acid groups (broad SMARTS) is 1. The summed E-state index contributed by atoms with van der Waals surface area (Å²) < 4.78 is 12.0. The van der Waals surface area contributed by atoms with E-state index < -0.39 is 5.97 Å². The third kappa shape index (κ3) is 3.85. The minimum Gasteiger partial charge on any atom is -0.481 e. The summed E-state index contributed by atoms with van der Waals surface area (Å²) in [5.74, 6) is -0.283. The molecule has 4 rings (SSSR count). The Bertz CT molecular complexity index is 647. The second kappa shape index (κ2) is 7.91. The fourth-order valence-electron chi connectivity index (χ4n) is 4.40. The normalized spacial score (nSPS) is 34.3. The van der Waals surface area contributed by atoms with Gasteiger partial charge in [-0.05, 0) is 37.8 Å². The van der Waals surface area contributed by atoms with Crippen molar-refractivity contribution >= 4 is 5.97 Å². The molecule has 3 aliphatic rings. The van der Waals surface area contributed by atoms with Crippen molar-refractivity contribution in [3.63, 3.8) is 0 Å². The molecule has 3 aliphatic heterocycles. The minimum atomic E-state index is -0.723. The van der Waals surface area contributed by atoms with E-state index in [1.807, 2.05) is 6.07 Å². The molecule has 5 nitrogen and oxygen atoms in total. The molecular formula is C21H27NO4. The van der Waals surface area contributed by atoms with Crippen molar-refractivity contribution in [1.82, 2.24) is 5.32 Å². The number of unbranched alkanes of at least 4 members (excludes halogenated alkanes) is 1. The van der Waals surface area contributed by atoms with Crippen LogP contribution in [0, 0.1) is 5.92 Å². The largest absolute Gasteiger partial charge is 0.481 e. The van der Waals surface area contributed by atoms with Crippen molar-refractivity contribution < 1.29 is 19.4 Å². The molecule has 3 fully saturated rings. The van der Waals surface area contributed by atoms with Gasteiger partial charge in [-0.2, -0.15) is 0 Å². The number of hydrogen-bond donors (Lipinski definition) is 2. The highest BCUT2D eigenvalue weighted by Gasteiger charge is 2.68. The Kier molecular flexibility index (Phi) is 5.38. The van der Waals surface area contributed by atoms with Crippen LogP contribution in [0.2, 0.25) is 0 Å². The second-order valence-electron chi connectivity index (χ2n) is 7.50. The Morgan fingerprint density at radius 1 is 1.08 bits per heavy atom. The molecule has 0 radical (unpaired) electrons. The van der Waals surface area contributed by atoms with Gasteiger partial charge in [0, 0.05) is 18.4 Å². The number of benzene rings is 1. The summed E-state index contributed by atoms with van der Waals surface area (Å²) in [5.41, 5.74) is 1.35. The van der Waals surface area contributed by atoms with E-state index in [0.29, 0.717) is 30.6 Å². The molecule has 5 heteroatoms. The highest BCUT2D eigenvalue weighted by molar-refractivity contribution is 5.66. The monoisotopic (exact) mass is 357 g/mol. The van der Waals surface area contributed by atoms with Crippen LogP contribution in [-0.2, 0) is 20.7 Å². The molecule has 0 aromatic heterocycles. The number of nitrogens with one attached hydrogen (secondary N) is 1. The predicted octanol–water partition coefficient (Wildman–Crippen LogP) is 2.55. The van der Waals surface area contributed by atoms with E-state index in [1.165, 1.54) is 5.56 Å². The molecule has 1 aromatic carbocycles. The number of epoxide rings is 1. The Labute approximate surface area is 154 Å². The van der Waals surface area contributed by atoms with Crippen molar-refractivity contribution in [2.24, 2.45) is 5.92 Å². The van der Waals surface area contributed by atoms with Crippen LogP contribution in [0.5, 0.6) is 0 Å². The molecule has 0 aliphatic carbocycles. The van der Waals surface area contributed by atoms with Gasteiger partial charge in [-0.3, -0.25) is 4.79 Å².